The molecule has 5 nitrogen and oxygen atoms in total. The van der Waals surface area contributed by atoms with Crippen molar-refractivity contribution in [1.82, 2.24) is 9.97 Å². The molecule has 0 aromatic carbocycles. The summed E-state index contributed by atoms with van der Waals surface area (Å²) in [6.07, 6.45) is 6.40. The molecule has 2 rings (SSSR count). The van der Waals surface area contributed by atoms with E-state index in [-0.39, 0.29) is 0 Å². The van der Waals surface area contributed by atoms with Crippen LogP contribution in [-0.4, -0.2) is 29.6 Å². The van der Waals surface area contributed by atoms with E-state index in [0.717, 1.165) is 42.9 Å². The molecule has 5 heteroatoms. The third-order valence-electron chi connectivity index (χ3n) is 3.57. The predicted octanol–water partition coefficient (Wildman–Crippen LogP) is 2.15. The first-order valence-corrected chi connectivity index (χ1v) is 7.31. The fourth-order valence-corrected chi connectivity index (χ4v) is 2.53. The lowest BCUT2D eigenvalue weighted by molar-refractivity contribution is 0.578. The number of hydrogen-bond donors (Lipinski definition) is 3. The van der Waals surface area contributed by atoms with Crippen molar-refractivity contribution in [2.24, 2.45) is 11.7 Å². The highest BCUT2D eigenvalue weighted by atomic mass is 15.1. The average molecular weight is 263 g/mol. The molecule has 1 saturated carbocycles. The maximum absolute atomic E-state index is 5.48. The van der Waals surface area contributed by atoms with Gasteiger partial charge in [0.25, 0.3) is 0 Å². The van der Waals surface area contributed by atoms with E-state index >= 15 is 0 Å². The quantitative estimate of drug-likeness (QED) is 0.657. The Kier molecular flexibility index (Phi) is 5.39. The Balaban J connectivity index is 1.87. The zero-order valence-corrected chi connectivity index (χ0v) is 11.8. The Morgan fingerprint density at radius 2 is 1.89 bits per heavy atom. The summed E-state index contributed by atoms with van der Waals surface area (Å²) in [7, 11) is 0. The molecule has 1 heterocycles. The number of nitrogens with zero attached hydrogens (tertiary/aromatic N) is 2. The van der Waals surface area contributed by atoms with E-state index in [0.29, 0.717) is 6.54 Å². The number of aromatic nitrogens is 2. The zero-order chi connectivity index (χ0) is 13.5. The predicted molar refractivity (Wildman–Crippen MR) is 79.4 cm³/mol. The normalized spacial score (nSPS) is 15.7. The van der Waals surface area contributed by atoms with Crippen LogP contribution in [0.3, 0.4) is 0 Å². The summed E-state index contributed by atoms with van der Waals surface area (Å²) in [5.41, 5.74) is 5.48. The van der Waals surface area contributed by atoms with Gasteiger partial charge in [0, 0.05) is 19.2 Å². The Hall–Kier alpha value is -1.36. The van der Waals surface area contributed by atoms with Gasteiger partial charge in [-0.3, -0.25) is 0 Å². The summed E-state index contributed by atoms with van der Waals surface area (Å²) in [5, 5.41) is 6.73. The van der Waals surface area contributed by atoms with Crippen LogP contribution in [0.1, 0.15) is 37.9 Å². The Morgan fingerprint density at radius 3 is 2.58 bits per heavy atom. The van der Waals surface area contributed by atoms with Crippen LogP contribution in [0.2, 0.25) is 0 Å². The van der Waals surface area contributed by atoms with Gasteiger partial charge in [0.2, 0.25) is 0 Å². The smallest absolute Gasteiger partial charge is 0.131 e. The molecule has 1 aromatic heterocycles. The lowest BCUT2D eigenvalue weighted by atomic mass is 10.1. The van der Waals surface area contributed by atoms with Crippen LogP contribution in [0.5, 0.6) is 0 Å². The molecule has 0 radical (unpaired) electrons. The van der Waals surface area contributed by atoms with Gasteiger partial charge in [0.1, 0.15) is 17.5 Å². The largest absolute Gasteiger partial charge is 0.370 e. The van der Waals surface area contributed by atoms with Gasteiger partial charge < -0.3 is 16.4 Å². The van der Waals surface area contributed by atoms with E-state index in [1.807, 2.05) is 13.0 Å². The molecule has 1 fully saturated rings. The van der Waals surface area contributed by atoms with Crippen LogP contribution < -0.4 is 16.4 Å². The minimum Gasteiger partial charge on any atom is -0.370 e. The Labute approximate surface area is 115 Å². The first-order valence-electron chi connectivity index (χ1n) is 7.31. The van der Waals surface area contributed by atoms with Crippen LogP contribution in [0.15, 0.2) is 6.07 Å². The van der Waals surface area contributed by atoms with Crippen LogP contribution >= 0.6 is 0 Å². The molecule has 0 spiro atoms. The lowest BCUT2D eigenvalue weighted by Crippen LogP contribution is -2.14. The Morgan fingerprint density at radius 1 is 1.21 bits per heavy atom. The molecule has 1 aliphatic rings. The van der Waals surface area contributed by atoms with Gasteiger partial charge in [-0.25, -0.2) is 9.97 Å². The highest BCUT2D eigenvalue weighted by Crippen LogP contribution is 2.24. The molecule has 0 amide bonds. The van der Waals surface area contributed by atoms with E-state index in [2.05, 4.69) is 20.6 Å². The zero-order valence-electron chi connectivity index (χ0n) is 11.8. The van der Waals surface area contributed by atoms with Crippen LogP contribution in [0.25, 0.3) is 0 Å². The molecule has 0 aliphatic heterocycles. The first-order chi connectivity index (χ1) is 9.28. The van der Waals surface area contributed by atoms with Crippen LogP contribution in [0.4, 0.5) is 11.6 Å². The number of anilines is 2. The molecule has 19 heavy (non-hydrogen) atoms. The van der Waals surface area contributed by atoms with E-state index < -0.39 is 0 Å². The number of nitrogens with two attached hydrogens (primary N) is 1. The van der Waals surface area contributed by atoms with Crippen LogP contribution in [-0.2, 0) is 0 Å². The summed E-state index contributed by atoms with van der Waals surface area (Å²) >= 11 is 0. The van der Waals surface area contributed by atoms with Crippen molar-refractivity contribution in [2.75, 3.05) is 30.3 Å². The molecule has 0 atom stereocenters. The van der Waals surface area contributed by atoms with Crippen molar-refractivity contribution >= 4 is 11.6 Å². The topological polar surface area (TPSA) is 75.9 Å². The van der Waals surface area contributed by atoms with Crippen molar-refractivity contribution in [3.8, 4) is 0 Å². The molecular weight excluding hydrogens is 238 g/mol. The third kappa shape index (κ3) is 4.67. The average Bonchev–Trinajstić information content (AvgIpc) is 2.89. The van der Waals surface area contributed by atoms with Gasteiger partial charge in [0.15, 0.2) is 0 Å². The van der Waals surface area contributed by atoms with Gasteiger partial charge in [-0.2, -0.15) is 0 Å². The number of hydrogen-bond acceptors (Lipinski definition) is 5. The maximum atomic E-state index is 5.48. The van der Waals surface area contributed by atoms with E-state index in [1.165, 1.54) is 25.7 Å². The minimum absolute atomic E-state index is 0.698. The number of aryl methyl sites for hydroxylation is 1. The summed E-state index contributed by atoms with van der Waals surface area (Å²) in [4.78, 5) is 8.82. The second-order valence-corrected chi connectivity index (χ2v) is 5.29. The number of nitrogens with one attached hydrogen (secondary N) is 2. The van der Waals surface area contributed by atoms with Gasteiger partial charge in [0.05, 0.1) is 0 Å². The minimum atomic E-state index is 0.698. The molecule has 0 unspecified atom stereocenters. The van der Waals surface area contributed by atoms with Crippen molar-refractivity contribution in [2.45, 2.75) is 39.0 Å². The molecule has 1 aromatic rings. The standard InChI is InChI=1S/C14H25N5/c1-11-18-13(16-8-4-7-15)9-14(19-11)17-10-12-5-2-3-6-12/h9,12H,2-8,10,15H2,1H3,(H2,16,17,18,19). The molecule has 0 bridgehead atoms. The summed E-state index contributed by atoms with van der Waals surface area (Å²) in [6.45, 7) is 4.51. The molecule has 1 aliphatic carbocycles. The van der Waals surface area contributed by atoms with Gasteiger partial charge >= 0.3 is 0 Å². The first kappa shape index (κ1) is 14.1. The van der Waals surface area contributed by atoms with Crippen molar-refractivity contribution in [1.29, 1.82) is 0 Å². The van der Waals surface area contributed by atoms with Crippen molar-refractivity contribution < 1.29 is 0 Å². The fourth-order valence-electron chi connectivity index (χ4n) is 2.53. The SMILES string of the molecule is Cc1nc(NCCCN)cc(NCC2CCCC2)n1. The van der Waals surface area contributed by atoms with E-state index in [4.69, 9.17) is 5.73 Å². The summed E-state index contributed by atoms with van der Waals surface area (Å²) in [6, 6.07) is 1.98. The molecule has 0 saturated heterocycles. The van der Waals surface area contributed by atoms with E-state index in [9.17, 15) is 0 Å². The summed E-state index contributed by atoms with van der Waals surface area (Å²) in [5.74, 6) is 3.42. The number of rotatable bonds is 7. The van der Waals surface area contributed by atoms with Crippen LogP contribution in [0, 0.1) is 12.8 Å². The maximum Gasteiger partial charge on any atom is 0.131 e. The van der Waals surface area contributed by atoms with Gasteiger partial charge in [-0.15, -0.1) is 0 Å². The molecule has 4 N–H and O–H groups in total. The highest BCUT2D eigenvalue weighted by Gasteiger charge is 2.14. The lowest BCUT2D eigenvalue weighted by Gasteiger charge is -2.13. The van der Waals surface area contributed by atoms with E-state index in [1.54, 1.807) is 0 Å². The monoisotopic (exact) mass is 263 g/mol. The summed E-state index contributed by atoms with van der Waals surface area (Å²) < 4.78 is 0. The van der Waals surface area contributed by atoms with Gasteiger partial charge in [-0.1, -0.05) is 12.8 Å². The van der Waals surface area contributed by atoms with Crippen molar-refractivity contribution in [3.05, 3.63) is 11.9 Å². The second-order valence-electron chi connectivity index (χ2n) is 5.29. The second kappa shape index (κ2) is 7.28. The third-order valence-corrected chi connectivity index (χ3v) is 3.57. The molecule has 106 valence electrons. The fraction of sp³-hybridized carbons (Fsp3) is 0.714. The van der Waals surface area contributed by atoms with Crippen molar-refractivity contribution in [3.63, 3.8) is 0 Å². The van der Waals surface area contributed by atoms with Gasteiger partial charge in [-0.05, 0) is 38.6 Å². The highest BCUT2D eigenvalue weighted by molar-refractivity contribution is 5.47. The Bertz CT molecular complexity index is 387. The molecular formula is C14H25N5.